The molecule has 1 unspecified atom stereocenters. The maximum Gasteiger partial charge on any atom is 0.338 e. The van der Waals surface area contributed by atoms with Gasteiger partial charge in [0.15, 0.2) is 5.75 Å². The summed E-state index contributed by atoms with van der Waals surface area (Å²) in [6.45, 7) is 5.13. The molecule has 0 aromatic heterocycles. The Balaban J connectivity index is 2.26. The number of nitrogens with zero attached hydrogens (tertiary/aromatic N) is 1. The van der Waals surface area contributed by atoms with E-state index in [-0.39, 0.29) is 29.2 Å². The second-order valence-electron chi connectivity index (χ2n) is 7.58. The molecule has 0 fully saturated rings. The highest BCUT2D eigenvalue weighted by atomic mass is 16.6. The molecule has 2 aromatic carbocycles. The zero-order valence-electron chi connectivity index (χ0n) is 19.1. The van der Waals surface area contributed by atoms with Crippen molar-refractivity contribution in [3.05, 3.63) is 63.2 Å². The fraction of sp³-hybridized carbons (Fsp3) is 0.304. The highest BCUT2D eigenvalue weighted by Gasteiger charge is 2.36. The van der Waals surface area contributed by atoms with E-state index in [2.05, 4.69) is 10.6 Å². The molecule has 3 N–H and O–H groups in total. The number of nitrogens with one attached hydrogen (secondary N) is 2. The summed E-state index contributed by atoms with van der Waals surface area (Å²) < 4.78 is 15.9. The molecule has 3 rings (SSSR count). The van der Waals surface area contributed by atoms with Crippen molar-refractivity contribution in [1.82, 2.24) is 10.6 Å². The SMILES string of the molecule is CCOc1cc(C2NC(=O)NC(c3ccc(OC)cc3)=C2C(=O)OC(C)C)cc([N+](=O)[O-])c1O. The number of phenolic OH excluding ortho intramolecular Hbond substituents is 1. The summed E-state index contributed by atoms with van der Waals surface area (Å²) in [5.41, 5.74) is 0.229. The summed E-state index contributed by atoms with van der Waals surface area (Å²) in [6, 6.07) is 7.31. The molecule has 1 aliphatic heterocycles. The summed E-state index contributed by atoms with van der Waals surface area (Å²) in [7, 11) is 1.51. The predicted molar refractivity (Wildman–Crippen MR) is 121 cm³/mol. The van der Waals surface area contributed by atoms with E-state index in [1.165, 1.54) is 13.2 Å². The second-order valence-corrected chi connectivity index (χ2v) is 7.58. The Labute approximate surface area is 195 Å². The third-order valence-electron chi connectivity index (χ3n) is 4.92. The van der Waals surface area contributed by atoms with E-state index in [4.69, 9.17) is 14.2 Å². The van der Waals surface area contributed by atoms with E-state index in [1.807, 2.05) is 0 Å². The molecule has 0 aliphatic carbocycles. The van der Waals surface area contributed by atoms with Gasteiger partial charge in [0.25, 0.3) is 0 Å². The number of nitro benzene ring substituents is 1. The second kappa shape index (κ2) is 10.1. The average Bonchev–Trinajstić information content (AvgIpc) is 2.79. The zero-order chi connectivity index (χ0) is 25.0. The van der Waals surface area contributed by atoms with Crippen LogP contribution in [0.3, 0.4) is 0 Å². The van der Waals surface area contributed by atoms with Crippen LogP contribution in [0.1, 0.15) is 37.9 Å². The van der Waals surface area contributed by atoms with Crippen molar-refractivity contribution < 1.29 is 33.8 Å². The van der Waals surface area contributed by atoms with Crippen molar-refractivity contribution in [2.24, 2.45) is 0 Å². The van der Waals surface area contributed by atoms with Crippen LogP contribution >= 0.6 is 0 Å². The van der Waals surface area contributed by atoms with Gasteiger partial charge < -0.3 is 30.0 Å². The number of hydrogen-bond acceptors (Lipinski definition) is 8. The maximum absolute atomic E-state index is 13.2. The third kappa shape index (κ3) is 5.03. The monoisotopic (exact) mass is 471 g/mol. The number of hydrogen-bond donors (Lipinski definition) is 3. The Morgan fingerprint density at radius 2 is 1.91 bits per heavy atom. The van der Waals surface area contributed by atoms with E-state index in [9.17, 15) is 24.8 Å². The molecular formula is C23H25N3O8. The van der Waals surface area contributed by atoms with Crippen molar-refractivity contribution in [3.63, 3.8) is 0 Å². The van der Waals surface area contributed by atoms with Gasteiger partial charge in [-0.25, -0.2) is 9.59 Å². The minimum Gasteiger partial charge on any atom is -0.500 e. The molecule has 0 spiro atoms. The lowest BCUT2D eigenvalue weighted by molar-refractivity contribution is -0.386. The van der Waals surface area contributed by atoms with E-state index >= 15 is 0 Å². The summed E-state index contributed by atoms with van der Waals surface area (Å²) >= 11 is 0. The number of methoxy groups -OCH3 is 1. The Morgan fingerprint density at radius 3 is 2.47 bits per heavy atom. The summed E-state index contributed by atoms with van der Waals surface area (Å²) in [6.07, 6.45) is -0.469. The first-order valence-electron chi connectivity index (χ1n) is 10.5. The summed E-state index contributed by atoms with van der Waals surface area (Å²) in [4.78, 5) is 36.6. The topological polar surface area (TPSA) is 149 Å². The molecule has 11 nitrogen and oxygen atoms in total. The lowest BCUT2D eigenvalue weighted by Crippen LogP contribution is -2.45. The van der Waals surface area contributed by atoms with Gasteiger partial charge in [0.2, 0.25) is 5.75 Å². The van der Waals surface area contributed by atoms with Crippen molar-refractivity contribution in [3.8, 4) is 17.2 Å². The van der Waals surface area contributed by atoms with Gasteiger partial charge in [-0.2, -0.15) is 0 Å². The van der Waals surface area contributed by atoms with Gasteiger partial charge in [0.05, 0.1) is 42.1 Å². The van der Waals surface area contributed by atoms with Crippen LogP contribution in [0.5, 0.6) is 17.2 Å². The van der Waals surface area contributed by atoms with Crippen molar-refractivity contribution in [1.29, 1.82) is 0 Å². The van der Waals surface area contributed by atoms with E-state index in [0.29, 0.717) is 11.3 Å². The Bertz CT molecular complexity index is 1140. The number of carbonyl (C=O) groups is 2. The van der Waals surface area contributed by atoms with E-state index in [1.54, 1.807) is 45.0 Å². The molecular weight excluding hydrogens is 446 g/mol. The Hall–Kier alpha value is -4.28. The van der Waals surface area contributed by atoms with Crippen LogP contribution in [-0.4, -0.2) is 41.9 Å². The Kier molecular flexibility index (Phi) is 7.24. The normalized spacial score (nSPS) is 15.4. The number of rotatable bonds is 8. The highest BCUT2D eigenvalue weighted by Crippen LogP contribution is 2.41. The number of carbonyl (C=O) groups excluding carboxylic acids is 2. The zero-order valence-corrected chi connectivity index (χ0v) is 19.1. The third-order valence-corrected chi connectivity index (χ3v) is 4.92. The van der Waals surface area contributed by atoms with Gasteiger partial charge >= 0.3 is 17.7 Å². The number of ether oxygens (including phenoxy) is 3. The predicted octanol–water partition coefficient (Wildman–Crippen LogP) is 3.42. The van der Waals surface area contributed by atoms with Crippen LogP contribution in [0.15, 0.2) is 42.0 Å². The number of nitro groups is 1. The largest absolute Gasteiger partial charge is 0.500 e. The van der Waals surface area contributed by atoms with Gasteiger partial charge in [-0.3, -0.25) is 10.1 Å². The van der Waals surface area contributed by atoms with Crippen molar-refractivity contribution in [2.45, 2.75) is 32.9 Å². The molecule has 0 saturated heterocycles. The molecule has 1 aliphatic rings. The standard InChI is InChI=1S/C23H25N3O8/c1-5-33-17-11-14(10-16(21(17)27)26(30)31)20-18(22(28)34-12(2)3)19(24-23(29)25-20)13-6-8-15(32-4)9-7-13/h6-12,20,27H,5H2,1-4H3,(H2,24,25,29). The van der Waals surface area contributed by atoms with Crippen LogP contribution in [0.2, 0.25) is 0 Å². The molecule has 11 heteroatoms. The smallest absolute Gasteiger partial charge is 0.338 e. The lowest BCUT2D eigenvalue weighted by Gasteiger charge is -2.30. The Morgan fingerprint density at radius 1 is 1.24 bits per heavy atom. The van der Waals surface area contributed by atoms with Gasteiger partial charge in [0.1, 0.15) is 5.75 Å². The van der Waals surface area contributed by atoms with Crippen LogP contribution in [0.4, 0.5) is 10.5 Å². The summed E-state index contributed by atoms with van der Waals surface area (Å²) in [5, 5.41) is 27.1. The van der Waals surface area contributed by atoms with Gasteiger partial charge in [-0.15, -0.1) is 0 Å². The number of phenols is 1. The highest BCUT2D eigenvalue weighted by molar-refractivity contribution is 6.04. The van der Waals surface area contributed by atoms with Crippen LogP contribution in [0, 0.1) is 10.1 Å². The summed E-state index contributed by atoms with van der Waals surface area (Å²) in [5.74, 6) is -0.960. The molecule has 0 bridgehead atoms. The van der Waals surface area contributed by atoms with Crippen LogP contribution in [-0.2, 0) is 9.53 Å². The fourth-order valence-corrected chi connectivity index (χ4v) is 3.48. The number of aromatic hydroxyl groups is 1. The minimum absolute atomic E-state index is 0.0286. The first-order valence-corrected chi connectivity index (χ1v) is 10.5. The van der Waals surface area contributed by atoms with Crippen molar-refractivity contribution in [2.75, 3.05) is 13.7 Å². The molecule has 2 amide bonds. The van der Waals surface area contributed by atoms with Crippen LogP contribution in [0.25, 0.3) is 5.70 Å². The first-order chi connectivity index (χ1) is 16.2. The maximum atomic E-state index is 13.2. The first kappa shape index (κ1) is 24.4. The van der Waals surface area contributed by atoms with E-state index in [0.717, 1.165) is 6.07 Å². The number of benzene rings is 2. The molecule has 1 atom stereocenters. The molecule has 1 heterocycles. The van der Waals surface area contributed by atoms with Gasteiger partial charge in [0, 0.05) is 6.07 Å². The van der Waals surface area contributed by atoms with Crippen molar-refractivity contribution >= 4 is 23.4 Å². The molecule has 2 aromatic rings. The molecule has 180 valence electrons. The quantitative estimate of drug-likeness (QED) is 0.301. The van der Waals surface area contributed by atoms with E-state index < -0.39 is 40.5 Å². The molecule has 0 saturated carbocycles. The fourth-order valence-electron chi connectivity index (χ4n) is 3.48. The lowest BCUT2D eigenvalue weighted by atomic mass is 9.92. The van der Waals surface area contributed by atoms with Crippen LogP contribution < -0.4 is 20.1 Å². The minimum atomic E-state index is -1.13. The molecule has 0 radical (unpaired) electrons. The number of urea groups is 1. The average molecular weight is 471 g/mol. The molecule has 34 heavy (non-hydrogen) atoms. The number of amides is 2. The number of esters is 1. The van der Waals surface area contributed by atoms with Gasteiger partial charge in [-0.1, -0.05) is 0 Å². The van der Waals surface area contributed by atoms with Gasteiger partial charge in [-0.05, 0) is 62.2 Å².